The summed E-state index contributed by atoms with van der Waals surface area (Å²) in [5.41, 5.74) is 5.36. The Morgan fingerprint density at radius 1 is 1.47 bits per heavy atom. The van der Waals surface area contributed by atoms with E-state index >= 15 is 0 Å². The third-order valence-corrected chi connectivity index (χ3v) is 2.11. The molecule has 0 aliphatic carbocycles. The van der Waals surface area contributed by atoms with Gasteiger partial charge in [-0.2, -0.15) is 0 Å². The fourth-order valence-electron chi connectivity index (χ4n) is 1.50. The largest absolute Gasteiger partial charge is 0.444 e. The summed E-state index contributed by atoms with van der Waals surface area (Å²) < 4.78 is 5.26. The number of ether oxygens (including phenoxy) is 1. The molecular weight excluding hydrogens is 216 g/mol. The third kappa shape index (κ3) is 5.23. The van der Waals surface area contributed by atoms with Gasteiger partial charge in [0, 0.05) is 19.1 Å². The molecule has 1 aliphatic rings. The molecule has 4 nitrogen and oxygen atoms in total. The van der Waals surface area contributed by atoms with Crippen LogP contribution in [0.3, 0.4) is 0 Å². The van der Waals surface area contributed by atoms with Crippen LogP contribution in [0.5, 0.6) is 0 Å². The summed E-state index contributed by atoms with van der Waals surface area (Å²) in [5.74, 6) is 0. The number of rotatable bonds is 0. The molecular formula is C10H21ClN2O2. The second-order valence-corrected chi connectivity index (χ2v) is 4.83. The minimum atomic E-state index is -0.418. The summed E-state index contributed by atoms with van der Waals surface area (Å²) in [6, 6.07) is 0.108. The summed E-state index contributed by atoms with van der Waals surface area (Å²) in [4.78, 5) is 13.3. The number of likely N-dealkylation sites (tertiary alicyclic amines) is 1. The van der Waals surface area contributed by atoms with E-state index in [0.29, 0.717) is 6.54 Å². The Bertz CT molecular complexity index is 216. The van der Waals surface area contributed by atoms with Gasteiger partial charge in [-0.3, -0.25) is 0 Å². The van der Waals surface area contributed by atoms with Crippen LogP contribution < -0.4 is 5.73 Å². The molecule has 90 valence electrons. The number of carbonyl (C=O) groups is 1. The molecule has 1 fully saturated rings. The zero-order valence-electron chi connectivity index (χ0n) is 9.66. The van der Waals surface area contributed by atoms with Crippen LogP contribution >= 0.6 is 12.4 Å². The maximum absolute atomic E-state index is 11.6. The van der Waals surface area contributed by atoms with Crippen molar-refractivity contribution >= 4 is 18.5 Å². The number of hydrogen-bond donors (Lipinski definition) is 1. The Hall–Kier alpha value is -0.480. The molecule has 0 aromatic carbocycles. The first-order valence-corrected chi connectivity index (χ1v) is 5.12. The topological polar surface area (TPSA) is 55.6 Å². The predicted molar refractivity (Wildman–Crippen MR) is 62.3 cm³/mol. The predicted octanol–water partition coefficient (Wildman–Crippen LogP) is 1.77. The fourth-order valence-corrected chi connectivity index (χ4v) is 1.50. The Labute approximate surface area is 97.5 Å². The maximum atomic E-state index is 11.6. The highest BCUT2D eigenvalue weighted by molar-refractivity contribution is 5.85. The number of carbonyl (C=O) groups excluding carboxylic acids is 1. The second kappa shape index (κ2) is 5.56. The minimum Gasteiger partial charge on any atom is -0.444 e. The Morgan fingerprint density at radius 2 is 2.07 bits per heavy atom. The summed E-state index contributed by atoms with van der Waals surface area (Å²) in [6.07, 6.45) is 1.73. The van der Waals surface area contributed by atoms with E-state index in [0.717, 1.165) is 19.4 Å². The quantitative estimate of drug-likeness (QED) is 0.698. The third-order valence-electron chi connectivity index (χ3n) is 2.11. The van der Waals surface area contributed by atoms with Crippen molar-refractivity contribution in [2.45, 2.75) is 45.3 Å². The van der Waals surface area contributed by atoms with Crippen LogP contribution in [-0.2, 0) is 4.74 Å². The lowest BCUT2D eigenvalue weighted by molar-refractivity contribution is 0.0200. The van der Waals surface area contributed by atoms with Crippen molar-refractivity contribution < 1.29 is 9.53 Å². The molecule has 0 spiro atoms. The normalized spacial score (nSPS) is 21.9. The molecule has 5 heteroatoms. The molecule has 0 aromatic rings. The van der Waals surface area contributed by atoms with Crippen molar-refractivity contribution in [3.63, 3.8) is 0 Å². The van der Waals surface area contributed by atoms with E-state index in [9.17, 15) is 4.79 Å². The average molecular weight is 237 g/mol. The highest BCUT2D eigenvalue weighted by Crippen LogP contribution is 2.14. The summed E-state index contributed by atoms with van der Waals surface area (Å²) >= 11 is 0. The molecule has 1 heterocycles. The number of halogens is 1. The SMILES string of the molecule is CC(C)(C)OC(=O)N1CCCC(N)C1.Cl. The molecule has 0 saturated carbocycles. The van der Waals surface area contributed by atoms with E-state index in [1.165, 1.54) is 0 Å². The zero-order chi connectivity index (χ0) is 10.8. The highest BCUT2D eigenvalue weighted by atomic mass is 35.5. The van der Waals surface area contributed by atoms with E-state index in [2.05, 4.69) is 0 Å². The lowest BCUT2D eigenvalue weighted by Gasteiger charge is -2.32. The van der Waals surface area contributed by atoms with Gasteiger partial charge in [-0.15, -0.1) is 12.4 Å². The van der Waals surface area contributed by atoms with Crippen LogP contribution in [0.2, 0.25) is 0 Å². The van der Waals surface area contributed by atoms with Gasteiger partial charge in [0.25, 0.3) is 0 Å². The number of nitrogens with zero attached hydrogens (tertiary/aromatic N) is 1. The van der Waals surface area contributed by atoms with Crippen LogP contribution in [0.1, 0.15) is 33.6 Å². The Morgan fingerprint density at radius 3 is 2.53 bits per heavy atom. The van der Waals surface area contributed by atoms with Gasteiger partial charge in [-0.05, 0) is 33.6 Å². The summed E-state index contributed by atoms with van der Waals surface area (Å²) in [7, 11) is 0. The van der Waals surface area contributed by atoms with E-state index in [4.69, 9.17) is 10.5 Å². The van der Waals surface area contributed by atoms with Crippen molar-refractivity contribution in [2.24, 2.45) is 5.73 Å². The van der Waals surface area contributed by atoms with Gasteiger partial charge in [0.1, 0.15) is 5.60 Å². The second-order valence-electron chi connectivity index (χ2n) is 4.83. The fraction of sp³-hybridized carbons (Fsp3) is 0.900. The van der Waals surface area contributed by atoms with E-state index < -0.39 is 5.60 Å². The van der Waals surface area contributed by atoms with Gasteiger partial charge >= 0.3 is 6.09 Å². The van der Waals surface area contributed by atoms with Gasteiger partial charge in [-0.25, -0.2) is 4.79 Å². The standard InChI is InChI=1S/C10H20N2O2.ClH/c1-10(2,3)14-9(13)12-6-4-5-8(11)7-12;/h8H,4-7,11H2,1-3H3;1H. The molecule has 1 atom stereocenters. The number of hydrogen-bond acceptors (Lipinski definition) is 3. The average Bonchev–Trinajstić information content (AvgIpc) is 2.01. The number of piperidine rings is 1. The first-order valence-electron chi connectivity index (χ1n) is 5.12. The van der Waals surface area contributed by atoms with Crippen LogP contribution in [0.4, 0.5) is 4.79 Å². The smallest absolute Gasteiger partial charge is 0.410 e. The zero-order valence-corrected chi connectivity index (χ0v) is 10.5. The lowest BCUT2D eigenvalue weighted by Crippen LogP contribution is -2.47. The van der Waals surface area contributed by atoms with Gasteiger partial charge in [0.05, 0.1) is 0 Å². The summed E-state index contributed by atoms with van der Waals surface area (Å²) in [6.45, 7) is 7.00. The monoisotopic (exact) mass is 236 g/mol. The van der Waals surface area contributed by atoms with Crippen LogP contribution in [0.25, 0.3) is 0 Å². The van der Waals surface area contributed by atoms with Crippen molar-refractivity contribution in [2.75, 3.05) is 13.1 Å². The molecule has 0 aromatic heterocycles. The maximum Gasteiger partial charge on any atom is 0.410 e. The number of nitrogens with two attached hydrogens (primary N) is 1. The van der Waals surface area contributed by atoms with Gasteiger partial charge in [0.2, 0.25) is 0 Å². The van der Waals surface area contributed by atoms with Crippen LogP contribution in [0, 0.1) is 0 Å². The molecule has 15 heavy (non-hydrogen) atoms. The van der Waals surface area contributed by atoms with Gasteiger partial charge in [-0.1, -0.05) is 0 Å². The summed E-state index contributed by atoms with van der Waals surface area (Å²) in [5, 5.41) is 0. The van der Waals surface area contributed by atoms with Crippen LogP contribution in [-0.4, -0.2) is 35.7 Å². The molecule has 1 rings (SSSR count). The van der Waals surface area contributed by atoms with Gasteiger partial charge < -0.3 is 15.4 Å². The van der Waals surface area contributed by atoms with Crippen LogP contribution in [0.15, 0.2) is 0 Å². The van der Waals surface area contributed by atoms with E-state index in [1.54, 1.807) is 4.90 Å². The minimum absolute atomic E-state index is 0. The Balaban J connectivity index is 0.00000196. The van der Waals surface area contributed by atoms with E-state index in [-0.39, 0.29) is 24.5 Å². The number of amides is 1. The first kappa shape index (κ1) is 14.5. The van der Waals surface area contributed by atoms with E-state index in [1.807, 2.05) is 20.8 Å². The van der Waals surface area contributed by atoms with Crippen molar-refractivity contribution in [1.29, 1.82) is 0 Å². The molecule has 1 unspecified atom stereocenters. The highest BCUT2D eigenvalue weighted by Gasteiger charge is 2.25. The van der Waals surface area contributed by atoms with Crippen molar-refractivity contribution in [1.82, 2.24) is 4.90 Å². The molecule has 0 radical (unpaired) electrons. The van der Waals surface area contributed by atoms with Crippen molar-refractivity contribution in [3.05, 3.63) is 0 Å². The van der Waals surface area contributed by atoms with Gasteiger partial charge in [0.15, 0.2) is 0 Å². The van der Waals surface area contributed by atoms with Crippen molar-refractivity contribution in [3.8, 4) is 0 Å². The lowest BCUT2D eigenvalue weighted by atomic mass is 10.1. The molecule has 0 bridgehead atoms. The molecule has 1 saturated heterocycles. The first-order chi connectivity index (χ1) is 6.38. The molecule has 2 N–H and O–H groups in total. The molecule has 1 aliphatic heterocycles. The molecule has 1 amide bonds. The Kier molecular flexibility index (Phi) is 5.38.